The van der Waals surface area contributed by atoms with Gasteiger partial charge in [-0.3, -0.25) is 4.79 Å². The molecule has 0 saturated carbocycles. The minimum absolute atomic E-state index is 0.0176. The van der Waals surface area contributed by atoms with E-state index in [4.69, 9.17) is 14.1 Å². The predicted octanol–water partition coefficient (Wildman–Crippen LogP) is 4.57. The van der Waals surface area contributed by atoms with Crippen LogP contribution in [-0.4, -0.2) is 43.3 Å². The van der Waals surface area contributed by atoms with Crippen LogP contribution in [0.25, 0.3) is 22.2 Å². The zero-order valence-electron chi connectivity index (χ0n) is 22.2. The second-order valence-electron chi connectivity index (χ2n) is 9.65. The number of esters is 1. The lowest BCUT2D eigenvalue weighted by Crippen LogP contribution is -2.24. The Balaban J connectivity index is 1.49. The second-order valence-corrected chi connectivity index (χ2v) is 9.65. The molecule has 0 aliphatic carbocycles. The number of carbonyl (C=O) groups is 2. The van der Waals surface area contributed by atoms with Crippen LogP contribution in [0.5, 0.6) is 5.88 Å². The van der Waals surface area contributed by atoms with Gasteiger partial charge < -0.3 is 24.1 Å². The Bertz CT molecular complexity index is 1750. The molecule has 1 aliphatic heterocycles. The number of rotatable bonds is 8. The van der Waals surface area contributed by atoms with E-state index in [0.717, 1.165) is 17.7 Å². The Morgan fingerprint density at radius 3 is 2.68 bits per heavy atom. The van der Waals surface area contributed by atoms with Gasteiger partial charge in [0.15, 0.2) is 5.69 Å². The van der Waals surface area contributed by atoms with Crippen LogP contribution >= 0.6 is 0 Å². The SMILES string of the molecule is CCOC(=O)c1c(Cc2ccc(F)cc2)nc2c3n(c(O)c2c1-c1ccc(C(=O)NCc2ccco2)nn1)CCC3. The molecule has 41 heavy (non-hydrogen) atoms. The molecule has 0 unspecified atom stereocenters. The van der Waals surface area contributed by atoms with Crippen molar-refractivity contribution >= 4 is 22.8 Å². The van der Waals surface area contributed by atoms with E-state index in [1.54, 1.807) is 41.8 Å². The molecule has 4 aromatic heterocycles. The summed E-state index contributed by atoms with van der Waals surface area (Å²) < 4.78 is 26.1. The number of aromatic nitrogens is 4. The first kappa shape index (κ1) is 26.2. The summed E-state index contributed by atoms with van der Waals surface area (Å²) in [4.78, 5) is 31.0. The molecule has 0 saturated heterocycles. The van der Waals surface area contributed by atoms with Crippen molar-refractivity contribution in [2.24, 2.45) is 0 Å². The number of benzene rings is 1. The number of pyridine rings is 1. The van der Waals surface area contributed by atoms with Crippen LogP contribution in [0.2, 0.25) is 0 Å². The summed E-state index contributed by atoms with van der Waals surface area (Å²) in [6.45, 7) is 2.61. The minimum Gasteiger partial charge on any atom is -0.494 e. The van der Waals surface area contributed by atoms with Crippen molar-refractivity contribution in [3.05, 3.63) is 94.6 Å². The quantitative estimate of drug-likeness (QED) is 0.266. The predicted molar refractivity (Wildman–Crippen MR) is 146 cm³/mol. The number of furan rings is 1. The zero-order valence-corrected chi connectivity index (χ0v) is 22.2. The maximum absolute atomic E-state index is 13.6. The number of ether oxygens (including phenoxy) is 1. The van der Waals surface area contributed by atoms with Crippen LogP contribution in [0.4, 0.5) is 4.39 Å². The molecule has 0 bridgehead atoms. The lowest BCUT2D eigenvalue weighted by molar-refractivity contribution is 0.0525. The lowest BCUT2D eigenvalue weighted by atomic mass is 9.95. The first-order chi connectivity index (χ1) is 19.9. The third-order valence-corrected chi connectivity index (χ3v) is 7.07. The third-order valence-electron chi connectivity index (χ3n) is 7.07. The van der Waals surface area contributed by atoms with E-state index >= 15 is 0 Å². The van der Waals surface area contributed by atoms with Gasteiger partial charge in [-0.05, 0) is 61.7 Å². The van der Waals surface area contributed by atoms with Crippen molar-refractivity contribution in [1.82, 2.24) is 25.1 Å². The van der Waals surface area contributed by atoms with Gasteiger partial charge in [0.05, 0.1) is 47.3 Å². The summed E-state index contributed by atoms with van der Waals surface area (Å²) in [5.41, 5.74) is 3.34. The van der Waals surface area contributed by atoms with Crippen LogP contribution in [-0.2, 0) is 30.7 Å². The van der Waals surface area contributed by atoms with Crippen LogP contribution < -0.4 is 5.32 Å². The molecule has 0 radical (unpaired) electrons. The fraction of sp³-hybridized carbons (Fsp3) is 0.233. The van der Waals surface area contributed by atoms with E-state index < -0.39 is 11.9 Å². The topological polar surface area (TPSA) is 132 Å². The van der Waals surface area contributed by atoms with Crippen LogP contribution in [0.1, 0.15) is 56.9 Å². The molecule has 2 N–H and O–H groups in total. The van der Waals surface area contributed by atoms with Crippen molar-refractivity contribution in [1.29, 1.82) is 0 Å². The molecule has 1 amide bonds. The van der Waals surface area contributed by atoms with Gasteiger partial charge >= 0.3 is 5.97 Å². The summed E-state index contributed by atoms with van der Waals surface area (Å²) >= 11 is 0. The second kappa shape index (κ2) is 10.8. The number of aromatic hydroxyl groups is 1. The number of amides is 1. The fourth-order valence-corrected chi connectivity index (χ4v) is 5.21. The van der Waals surface area contributed by atoms with Crippen molar-refractivity contribution in [3.8, 4) is 17.1 Å². The first-order valence-corrected chi connectivity index (χ1v) is 13.3. The normalized spacial score (nSPS) is 12.4. The van der Waals surface area contributed by atoms with Crippen molar-refractivity contribution in [3.63, 3.8) is 0 Å². The standard InChI is InChI=1S/C30H26FN5O5/c1-2-40-30(39)25-22(15-17-7-9-18(31)10-8-17)33-27-23-6-3-13-36(23)29(38)26(27)24(25)20-11-12-21(35-34-20)28(37)32-16-19-5-4-14-41-19/h4-5,7-12,14,38H,2-3,6,13,15-16H2,1H3,(H,32,37). The Morgan fingerprint density at radius 1 is 1.15 bits per heavy atom. The zero-order chi connectivity index (χ0) is 28.5. The smallest absolute Gasteiger partial charge is 0.340 e. The van der Waals surface area contributed by atoms with Gasteiger partial charge in [-0.1, -0.05) is 12.1 Å². The summed E-state index contributed by atoms with van der Waals surface area (Å²) in [7, 11) is 0. The Kier molecular flexibility index (Phi) is 6.92. The summed E-state index contributed by atoms with van der Waals surface area (Å²) in [5, 5.41) is 22.8. The third kappa shape index (κ3) is 4.90. The number of nitrogens with one attached hydrogen (secondary N) is 1. The number of carbonyl (C=O) groups excluding carboxylic acids is 2. The van der Waals surface area contributed by atoms with Crippen molar-refractivity contribution < 1.29 is 28.2 Å². The van der Waals surface area contributed by atoms with Gasteiger partial charge in [-0.15, -0.1) is 10.2 Å². The number of aryl methyl sites for hydroxylation is 1. The van der Waals surface area contributed by atoms with E-state index in [9.17, 15) is 19.1 Å². The van der Waals surface area contributed by atoms with E-state index in [1.807, 2.05) is 0 Å². The van der Waals surface area contributed by atoms with Gasteiger partial charge in [0, 0.05) is 24.2 Å². The summed E-state index contributed by atoms with van der Waals surface area (Å²) in [6, 6.07) is 12.5. The molecule has 5 aromatic rings. The average Bonchev–Trinajstić information content (AvgIpc) is 3.73. The fourth-order valence-electron chi connectivity index (χ4n) is 5.21. The van der Waals surface area contributed by atoms with Gasteiger partial charge in [-0.2, -0.15) is 0 Å². The highest BCUT2D eigenvalue weighted by atomic mass is 19.1. The lowest BCUT2D eigenvalue weighted by Gasteiger charge is -2.15. The van der Waals surface area contributed by atoms with Crippen LogP contribution in [0, 0.1) is 5.82 Å². The van der Waals surface area contributed by atoms with Crippen molar-refractivity contribution in [2.75, 3.05) is 6.61 Å². The molecule has 1 aliphatic rings. The van der Waals surface area contributed by atoms with E-state index in [-0.39, 0.29) is 48.2 Å². The van der Waals surface area contributed by atoms with E-state index in [0.29, 0.717) is 40.9 Å². The Labute approximate surface area is 233 Å². The first-order valence-electron chi connectivity index (χ1n) is 13.3. The van der Waals surface area contributed by atoms with Gasteiger partial charge in [0.25, 0.3) is 5.91 Å². The molecule has 0 atom stereocenters. The number of fused-ring (bicyclic) bond motifs is 3. The Morgan fingerprint density at radius 2 is 1.98 bits per heavy atom. The highest BCUT2D eigenvalue weighted by Gasteiger charge is 2.31. The van der Waals surface area contributed by atoms with Gasteiger partial charge in [-0.25, -0.2) is 14.2 Å². The number of halogens is 1. The highest BCUT2D eigenvalue weighted by Crippen LogP contribution is 2.43. The summed E-state index contributed by atoms with van der Waals surface area (Å²) in [6.07, 6.45) is 3.29. The minimum atomic E-state index is -0.637. The number of hydrogen-bond donors (Lipinski definition) is 2. The molecule has 208 valence electrons. The van der Waals surface area contributed by atoms with Crippen LogP contribution in [0.15, 0.2) is 59.2 Å². The molecule has 1 aromatic carbocycles. The van der Waals surface area contributed by atoms with E-state index in [2.05, 4.69) is 15.5 Å². The van der Waals surface area contributed by atoms with Crippen molar-refractivity contribution in [2.45, 2.75) is 39.3 Å². The van der Waals surface area contributed by atoms with Crippen LogP contribution in [0.3, 0.4) is 0 Å². The van der Waals surface area contributed by atoms with Gasteiger partial charge in [0.2, 0.25) is 5.88 Å². The monoisotopic (exact) mass is 555 g/mol. The number of hydrogen-bond acceptors (Lipinski definition) is 8. The Hall–Kier alpha value is -5.06. The summed E-state index contributed by atoms with van der Waals surface area (Å²) in [5.74, 6) is -0.888. The average molecular weight is 556 g/mol. The maximum atomic E-state index is 13.6. The molecule has 0 fully saturated rings. The highest BCUT2D eigenvalue weighted by molar-refractivity contribution is 6.10. The molecule has 6 rings (SSSR count). The van der Waals surface area contributed by atoms with E-state index in [1.165, 1.54) is 24.5 Å². The molecule has 10 nitrogen and oxygen atoms in total. The maximum Gasteiger partial charge on any atom is 0.340 e. The molecule has 0 spiro atoms. The largest absolute Gasteiger partial charge is 0.494 e. The van der Waals surface area contributed by atoms with Gasteiger partial charge in [0.1, 0.15) is 11.6 Å². The molecule has 5 heterocycles. The molecular weight excluding hydrogens is 529 g/mol. The number of nitrogens with zero attached hydrogens (tertiary/aromatic N) is 4. The molecule has 11 heteroatoms. The molecular formula is C30H26FN5O5.